The fourth-order valence-electron chi connectivity index (χ4n) is 5.83. The van der Waals surface area contributed by atoms with Crippen LogP contribution in [0.4, 0.5) is 8.78 Å². The topological polar surface area (TPSA) is 35.0 Å². The Morgan fingerprint density at radius 2 is 1.34 bits per heavy atom. The third-order valence-electron chi connectivity index (χ3n) is 8.62. The van der Waals surface area contributed by atoms with E-state index in [1.54, 1.807) is 20.0 Å². The van der Waals surface area contributed by atoms with Gasteiger partial charge in [-0.1, -0.05) is 83.1 Å². The van der Waals surface area contributed by atoms with Gasteiger partial charge >= 0.3 is 0 Å². The number of alkyl halides is 2. The van der Waals surface area contributed by atoms with Crippen LogP contribution in [0.15, 0.2) is 116 Å². The summed E-state index contributed by atoms with van der Waals surface area (Å²) >= 11 is 0. The first-order chi connectivity index (χ1) is 22.4. The highest BCUT2D eigenvalue weighted by molar-refractivity contribution is 5.93. The summed E-state index contributed by atoms with van der Waals surface area (Å²) in [5, 5.41) is 2.05. The molecule has 0 amide bonds. The first-order valence-corrected chi connectivity index (χ1v) is 16.0. The molecule has 0 aliphatic carbocycles. The summed E-state index contributed by atoms with van der Waals surface area (Å²) in [6, 6.07) is 34.7. The number of hydrogen-bond acceptors (Lipinski definition) is 3. The van der Waals surface area contributed by atoms with E-state index in [9.17, 15) is 8.78 Å². The molecule has 47 heavy (non-hydrogen) atoms. The molecule has 0 aliphatic rings. The van der Waals surface area contributed by atoms with Crippen LogP contribution in [-0.2, 0) is 11.8 Å². The summed E-state index contributed by atoms with van der Waals surface area (Å²) in [5.41, 5.74) is 7.81. The molecule has 0 bridgehead atoms. The molecule has 0 aliphatic heterocycles. The second kappa shape index (κ2) is 12.7. The van der Waals surface area contributed by atoms with Crippen molar-refractivity contribution in [1.29, 1.82) is 0 Å². The largest absolute Gasteiger partial charge is 0.457 e. The lowest BCUT2D eigenvalue weighted by atomic mass is 9.86. The molecule has 0 saturated carbocycles. The fourth-order valence-corrected chi connectivity index (χ4v) is 5.83. The van der Waals surface area contributed by atoms with E-state index in [2.05, 4.69) is 75.1 Å². The smallest absolute Gasteiger partial charge is 0.243 e. The van der Waals surface area contributed by atoms with Crippen LogP contribution in [0, 0.1) is 12.3 Å². The van der Waals surface area contributed by atoms with Crippen LogP contribution < -0.4 is 4.74 Å². The predicted molar refractivity (Wildman–Crippen MR) is 189 cm³/mol. The molecule has 0 spiro atoms. The van der Waals surface area contributed by atoms with E-state index in [4.69, 9.17) is 9.72 Å². The van der Waals surface area contributed by atoms with E-state index in [-0.39, 0.29) is 5.41 Å². The van der Waals surface area contributed by atoms with Crippen molar-refractivity contribution in [1.82, 2.24) is 9.97 Å². The average molecular weight is 627 g/mol. The molecule has 0 unspecified atom stereocenters. The van der Waals surface area contributed by atoms with Gasteiger partial charge in [-0.3, -0.25) is 9.97 Å². The monoisotopic (exact) mass is 626 g/mol. The molecule has 0 saturated heterocycles. The highest BCUT2D eigenvalue weighted by Gasteiger charge is 2.29. The molecular weight excluding hydrogens is 586 g/mol. The van der Waals surface area contributed by atoms with Gasteiger partial charge in [0.05, 0.1) is 11.4 Å². The predicted octanol–water partition coefficient (Wildman–Crippen LogP) is 11.9. The Labute approximate surface area is 276 Å². The minimum absolute atomic E-state index is 0.0165. The zero-order chi connectivity index (χ0) is 33.3. The zero-order valence-electron chi connectivity index (χ0n) is 27.8. The molecule has 5 heteroatoms. The number of rotatable bonds is 8. The van der Waals surface area contributed by atoms with Crippen molar-refractivity contribution in [3.05, 3.63) is 132 Å². The molecule has 238 valence electrons. The third-order valence-corrected chi connectivity index (χ3v) is 8.62. The maximum absolute atomic E-state index is 13.4. The number of pyridine rings is 2. The highest BCUT2D eigenvalue weighted by atomic mass is 19.3. The number of ether oxygens (including phenoxy) is 1. The van der Waals surface area contributed by atoms with Gasteiger partial charge in [-0.2, -0.15) is 0 Å². The normalized spacial score (nSPS) is 12.1. The van der Waals surface area contributed by atoms with Gasteiger partial charge in [0.15, 0.2) is 0 Å². The van der Waals surface area contributed by atoms with Gasteiger partial charge in [-0.05, 0) is 107 Å². The fraction of sp³-hybridized carbons (Fsp3) is 0.238. The number of aryl methyl sites for hydroxylation is 1. The number of nitrogens with zero attached hydrogens (tertiary/aromatic N) is 2. The van der Waals surface area contributed by atoms with Crippen LogP contribution in [0.1, 0.15) is 51.3 Å². The van der Waals surface area contributed by atoms with Crippen molar-refractivity contribution in [3.8, 4) is 45.1 Å². The second-order valence-electron chi connectivity index (χ2n) is 14.1. The molecule has 0 atom stereocenters. The van der Waals surface area contributed by atoms with Gasteiger partial charge in [-0.25, -0.2) is 8.78 Å². The minimum Gasteiger partial charge on any atom is -0.457 e. The van der Waals surface area contributed by atoms with Crippen molar-refractivity contribution >= 4 is 10.8 Å². The molecule has 0 N–H and O–H groups in total. The minimum atomic E-state index is -2.38. The maximum Gasteiger partial charge on any atom is 0.243 e. The van der Waals surface area contributed by atoms with E-state index >= 15 is 0 Å². The lowest BCUT2D eigenvalue weighted by Gasteiger charge is -2.23. The summed E-state index contributed by atoms with van der Waals surface area (Å²) in [5.74, 6) is 1.48. The Bertz CT molecular complexity index is 2040. The van der Waals surface area contributed by atoms with Crippen LogP contribution in [0.2, 0.25) is 0 Å². The highest BCUT2D eigenvalue weighted by Crippen LogP contribution is 2.38. The molecule has 2 aromatic heterocycles. The Morgan fingerprint density at radius 1 is 0.660 bits per heavy atom. The van der Waals surface area contributed by atoms with Crippen molar-refractivity contribution < 1.29 is 13.5 Å². The summed E-state index contributed by atoms with van der Waals surface area (Å²) in [6.45, 7) is 11.9. The standard InChI is InChI=1S/C42H40F2N2O/c1-27-19-32(38-25-34(16-18-46-38)41(2,3)4)22-35(20-27)47-39-24-33(21-31-9-7-8-10-36(31)39)37-23-30(15-17-45-37)29-13-11-28(12-14-29)26-42(5,6)40(43)44/h7-25,40H,26H2,1-6H3. The molecular formula is C42H40F2N2O. The van der Waals surface area contributed by atoms with Gasteiger partial charge in [0.2, 0.25) is 6.43 Å². The van der Waals surface area contributed by atoms with E-state index in [0.29, 0.717) is 6.42 Å². The Balaban J connectivity index is 1.34. The van der Waals surface area contributed by atoms with Gasteiger partial charge in [0.25, 0.3) is 0 Å². The second-order valence-corrected chi connectivity index (χ2v) is 14.1. The molecule has 0 radical (unpaired) electrons. The van der Waals surface area contributed by atoms with Crippen LogP contribution >= 0.6 is 0 Å². The summed E-state index contributed by atoms with van der Waals surface area (Å²) in [4.78, 5) is 9.41. The molecule has 3 nitrogen and oxygen atoms in total. The van der Waals surface area contributed by atoms with E-state index in [1.165, 1.54) is 5.56 Å². The van der Waals surface area contributed by atoms with E-state index < -0.39 is 11.8 Å². The van der Waals surface area contributed by atoms with Crippen LogP contribution in [0.25, 0.3) is 44.4 Å². The molecule has 6 rings (SSSR count). The first-order valence-electron chi connectivity index (χ1n) is 16.0. The molecule has 6 aromatic rings. The van der Waals surface area contributed by atoms with Crippen molar-refractivity contribution in [2.24, 2.45) is 5.41 Å². The Hall–Kier alpha value is -4.90. The summed E-state index contributed by atoms with van der Waals surface area (Å²) in [7, 11) is 0. The maximum atomic E-state index is 13.4. The summed E-state index contributed by atoms with van der Waals surface area (Å²) < 4.78 is 33.5. The number of hydrogen-bond donors (Lipinski definition) is 0. The average Bonchev–Trinajstić information content (AvgIpc) is 3.04. The Morgan fingerprint density at radius 3 is 2.06 bits per heavy atom. The van der Waals surface area contributed by atoms with Crippen molar-refractivity contribution in [2.75, 3.05) is 0 Å². The van der Waals surface area contributed by atoms with Gasteiger partial charge < -0.3 is 4.74 Å². The number of halogens is 2. The van der Waals surface area contributed by atoms with Crippen molar-refractivity contribution in [3.63, 3.8) is 0 Å². The van der Waals surface area contributed by atoms with E-state index in [0.717, 1.165) is 67.0 Å². The number of aromatic nitrogens is 2. The molecule has 0 fully saturated rings. The van der Waals surface area contributed by atoms with Crippen LogP contribution in [-0.4, -0.2) is 16.4 Å². The first kappa shape index (κ1) is 32.1. The lowest BCUT2D eigenvalue weighted by molar-refractivity contribution is 0.0200. The zero-order valence-corrected chi connectivity index (χ0v) is 27.8. The third kappa shape index (κ3) is 7.25. The Kier molecular flexibility index (Phi) is 8.67. The SMILES string of the molecule is Cc1cc(Oc2cc(-c3cc(-c4ccc(CC(C)(C)C(F)F)cc4)ccn3)cc3ccccc23)cc(-c2cc(C(C)(C)C)ccn2)c1. The number of fused-ring (bicyclic) bond motifs is 1. The molecule has 4 aromatic carbocycles. The van der Waals surface area contributed by atoms with Crippen LogP contribution in [0.3, 0.4) is 0 Å². The van der Waals surface area contributed by atoms with E-state index in [1.807, 2.05) is 66.9 Å². The summed E-state index contributed by atoms with van der Waals surface area (Å²) in [6.07, 6.45) is 1.62. The van der Waals surface area contributed by atoms with Gasteiger partial charge in [0.1, 0.15) is 11.5 Å². The van der Waals surface area contributed by atoms with Gasteiger partial charge in [-0.15, -0.1) is 0 Å². The quantitative estimate of drug-likeness (QED) is 0.169. The molecule has 2 heterocycles. The number of benzene rings is 4. The van der Waals surface area contributed by atoms with Crippen LogP contribution in [0.5, 0.6) is 11.5 Å². The van der Waals surface area contributed by atoms with Crippen molar-refractivity contribution in [2.45, 2.75) is 59.8 Å². The van der Waals surface area contributed by atoms with Gasteiger partial charge in [0, 0.05) is 34.3 Å². The lowest BCUT2D eigenvalue weighted by Crippen LogP contribution is -2.24.